The molecule has 1 aliphatic carbocycles. The summed E-state index contributed by atoms with van der Waals surface area (Å²) in [4.78, 5) is 14.4. The van der Waals surface area contributed by atoms with Gasteiger partial charge in [-0.3, -0.25) is 4.79 Å². The van der Waals surface area contributed by atoms with Crippen LogP contribution in [0.15, 0.2) is 0 Å². The highest BCUT2D eigenvalue weighted by molar-refractivity contribution is 5.77. The van der Waals surface area contributed by atoms with Crippen LogP contribution in [0.25, 0.3) is 0 Å². The van der Waals surface area contributed by atoms with E-state index in [2.05, 4.69) is 25.7 Å². The number of nitrogens with zero attached hydrogens (tertiary/aromatic N) is 1. The largest absolute Gasteiger partial charge is 0.343 e. The molecule has 0 aromatic heterocycles. The molecule has 3 nitrogen and oxygen atoms in total. The third-order valence-corrected chi connectivity index (χ3v) is 5.35. The van der Waals surface area contributed by atoms with Crippen LogP contribution in [0.1, 0.15) is 65.7 Å². The summed E-state index contributed by atoms with van der Waals surface area (Å²) >= 11 is 0. The van der Waals surface area contributed by atoms with Crippen LogP contribution in [0.2, 0.25) is 0 Å². The Hall–Kier alpha value is -0.570. The summed E-state index contributed by atoms with van der Waals surface area (Å²) in [5.74, 6) is 0.260. The van der Waals surface area contributed by atoms with Crippen molar-refractivity contribution in [3.63, 3.8) is 0 Å². The Morgan fingerprint density at radius 3 is 2.16 bits per heavy atom. The molecule has 1 heterocycles. The molecule has 110 valence electrons. The summed E-state index contributed by atoms with van der Waals surface area (Å²) < 4.78 is 0. The van der Waals surface area contributed by atoms with Crippen LogP contribution in [0.3, 0.4) is 0 Å². The Labute approximate surface area is 117 Å². The molecule has 0 radical (unpaired) electrons. The molecular weight excluding hydrogens is 236 g/mol. The van der Waals surface area contributed by atoms with Gasteiger partial charge in [0, 0.05) is 25.6 Å². The van der Waals surface area contributed by atoms with Gasteiger partial charge >= 0.3 is 0 Å². The lowest BCUT2D eigenvalue weighted by atomic mass is 9.77. The Kier molecular flexibility index (Phi) is 4.24. The van der Waals surface area contributed by atoms with Gasteiger partial charge in [0.25, 0.3) is 0 Å². The van der Waals surface area contributed by atoms with Crippen molar-refractivity contribution in [3.05, 3.63) is 0 Å². The van der Waals surface area contributed by atoms with E-state index in [1.54, 1.807) is 0 Å². The van der Waals surface area contributed by atoms with Crippen molar-refractivity contribution >= 4 is 5.91 Å². The van der Waals surface area contributed by atoms with Crippen molar-refractivity contribution in [2.24, 2.45) is 16.6 Å². The maximum Gasteiger partial charge on any atom is 0.224 e. The highest BCUT2D eigenvalue weighted by Crippen LogP contribution is 2.46. The molecule has 1 saturated heterocycles. The van der Waals surface area contributed by atoms with Gasteiger partial charge in [-0.05, 0) is 36.5 Å². The molecular formula is C16H30N2O. The first-order valence-electron chi connectivity index (χ1n) is 7.86. The molecule has 2 rings (SSSR count). The highest BCUT2D eigenvalue weighted by Gasteiger charge is 2.38. The summed E-state index contributed by atoms with van der Waals surface area (Å²) in [6, 6.07) is -0.0395. The van der Waals surface area contributed by atoms with Crippen molar-refractivity contribution < 1.29 is 4.79 Å². The molecule has 1 amide bonds. The zero-order valence-electron chi connectivity index (χ0n) is 12.9. The molecule has 0 aromatic rings. The maximum absolute atomic E-state index is 12.3. The zero-order chi connectivity index (χ0) is 14.1. The molecule has 1 spiro atoms. The van der Waals surface area contributed by atoms with Gasteiger partial charge < -0.3 is 10.6 Å². The van der Waals surface area contributed by atoms with Crippen molar-refractivity contribution in [2.45, 2.75) is 71.8 Å². The minimum atomic E-state index is -0.0395. The van der Waals surface area contributed by atoms with Crippen LogP contribution in [0, 0.1) is 10.8 Å². The average molecular weight is 266 g/mol. The number of piperidine rings is 1. The second kappa shape index (κ2) is 5.43. The highest BCUT2D eigenvalue weighted by atomic mass is 16.2. The first-order valence-corrected chi connectivity index (χ1v) is 7.86. The fourth-order valence-electron chi connectivity index (χ4n) is 3.48. The van der Waals surface area contributed by atoms with Crippen LogP contribution >= 0.6 is 0 Å². The van der Waals surface area contributed by atoms with Gasteiger partial charge in [-0.25, -0.2) is 0 Å². The molecule has 0 aromatic carbocycles. The van der Waals surface area contributed by atoms with Crippen LogP contribution in [0.5, 0.6) is 0 Å². The number of hydrogen-bond donors (Lipinski definition) is 1. The van der Waals surface area contributed by atoms with Gasteiger partial charge in [0.2, 0.25) is 5.91 Å². The summed E-state index contributed by atoms with van der Waals surface area (Å²) in [5.41, 5.74) is 6.72. The lowest BCUT2D eigenvalue weighted by Gasteiger charge is -2.40. The Morgan fingerprint density at radius 2 is 1.68 bits per heavy atom. The van der Waals surface area contributed by atoms with Gasteiger partial charge in [0.05, 0.1) is 0 Å². The average Bonchev–Trinajstić information content (AvgIpc) is 2.77. The first kappa shape index (κ1) is 14.8. The Balaban J connectivity index is 1.82. The van der Waals surface area contributed by atoms with E-state index in [0.29, 0.717) is 11.8 Å². The fourth-order valence-corrected chi connectivity index (χ4v) is 3.48. The topological polar surface area (TPSA) is 46.3 Å². The molecule has 2 fully saturated rings. The summed E-state index contributed by atoms with van der Waals surface area (Å²) in [6.07, 6.45) is 8.47. The molecule has 3 heteroatoms. The number of amides is 1. The third-order valence-electron chi connectivity index (χ3n) is 5.35. The van der Waals surface area contributed by atoms with E-state index in [1.165, 1.54) is 38.5 Å². The molecule has 0 bridgehead atoms. The minimum absolute atomic E-state index is 0.0120. The van der Waals surface area contributed by atoms with Crippen LogP contribution in [-0.2, 0) is 4.79 Å². The van der Waals surface area contributed by atoms with Crippen LogP contribution < -0.4 is 5.73 Å². The Bertz CT molecular complexity index is 316. The van der Waals surface area contributed by atoms with Gasteiger partial charge in [-0.2, -0.15) is 0 Å². The smallest absolute Gasteiger partial charge is 0.224 e. The normalized spacial score (nSPS) is 24.7. The summed E-state index contributed by atoms with van der Waals surface area (Å²) in [7, 11) is 0. The minimum Gasteiger partial charge on any atom is -0.343 e. The zero-order valence-corrected chi connectivity index (χ0v) is 12.9. The molecule has 1 unspecified atom stereocenters. The van der Waals surface area contributed by atoms with Gasteiger partial charge in [0.15, 0.2) is 0 Å². The first-order chi connectivity index (χ1) is 8.82. The number of rotatable bonds is 2. The lowest BCUT2D eigenvalue weighted by Crippen LogP contribution is -2.46. The number of nitrogens with two attached hydrogens (primary N) is 1. The SMILES string of the molecule is CC(C)(C)C(N)CC(=O)N1CCC2(CCCC2)CC1. The van der Waals surface area contributed by atoms with Crippen molar-refractivity contribution in [3.8, 4) is 0 Å². The van der Waals surface area contributed by atoms with E-state index in [9.17, 15) is 4.79 Å². The number of carbonyl (C=O) groups is 1. The summed E-state index contributed by atoms with van der Waals surface area (Å²) in [6.45, 7) is 8.23. The fraction of sp³-hybridized carbons (Fsp3) is 0.938. The molecule has 2 aliphatic rings. The van der Waals surface area contributed by atoms with Crippen molar-refractivity contribution in [1.82, 2.24) is 4.90 Å². The monoisotopic (exact) mass is 266 g/mol. The summed E-state index contributed by atoms with van der Waals surface area (Å²) in [5, 5.41) is 0. The predicted octanol–water partition coefficient (Wildman–Crippen LogP) is 2.93. The van der Waals surface area contributed by atoms with Gasteiger partial charge in [-0.15, -0.1) is 0 Å². The number of hydrogen-bond acceptors (Lipinski definition) is 2. The quantitative estimate of drug-likeness (QED) is 0.835. The molecule has 1 saturated carbocycles. The van der Waals surface area contributed by atoms with E-state index in [1.807, 2.05) is 0 Å². The van der Waals surface area contributed by atoms with Gasteiger partial charge in [0.1, 0.15) is 0 Å². The molecule has 1 atom stereocenters. The van der Waals surface area contributed by atoms with Crippen molar-refractivity contribution in [1.29, 1.82) is 0 Å². The second-order valence-corrected chi connectivity index (χ2v) is 7.76. The van der Waals surface area contributed by atoms with E-state index in [4.69, 9.17) is 5.73 Å². The van der Waals surface area contributed by atoms with Crippen LogP contribution in [0.4, 0.5) is 0 Å². The predicted molar refractivity (Wildman–Crippen MR) is 78.8 cm³/mol. The van der Waals surface area contributed by atoms with E-state index < -0.39 is 0 Å². The van der Waals surface area contributed by atoms with Crippen LogP contribution in [-0.4, -0.2) is 29.9 Å². The lowest BCUT2D eigenvalue weighted by molar-refractivity contribution is -0.134. The number of carbonyl (C=O) groups excluding carboxylic acids is 1. The molecule has 2 N–H and O–H groups in total. The standard InChI is InChI=1S/C16H30N2O/c1-15(2,3)13(17)12-14(19)18-10-8-16(9-11-18)6-4-5-7-16/h13H,4-12,17H2,1-3H3. The third kappa shape index (κ3) is 3.50. The van der Waals surface area contributed by atoms with E-state index >= 15 is 0 Å². The van der Waals surface area contributed by atoms with E-state index in [-0.39, 0.29) is 17.4 Å². The number of likely N-dealkylation sites (tertiary alicyclic amines) is 1. The van der Waals surface area contributed by atoms with E-state index in [0.717, 1.165) is 13.1 Å². The second-order valence-electron chi connectivity index (χ2n) is 7.76. The molecule has 1 aliphatic heterocycles. The van der Waals surface area contributed by atoms with Crippen molar-refractivity contribution in [2.75, 3.05) is 13.1 Å². The maximum atomic E-state index is 12.3. The molecule has 19 heavy (non-hydrogen) atoms. The Morgan fingerprint density at radius 1 is 1.16 bits per heavy atom. The van der Waals surface area contributed by atoms with Gasteiger partial charge in [-0.1, -0.05) is 33.6 Å².